The molecule has 0 radical (unpaired) electrons. The number of benzene rings is 2. The van der Waals surface area contributed by atoms with Crippen LogP contribution >= 0.6 is 23.2 Å². The third kappa shape index (κ3) is 6.92. The van der Waals surface area contributed by atoms with E-state index in [0.717, 1.165) is 45.3 Å². The number of non-ortho nitro benzene ring substituents is 1. The van der Waals surface area contributed by atoms with E-state index < -0.39 is 28.4 Å². The van der Waals surface area contributed by atoms with Gasteiger partial charge in [-0.2, -0.15) is 0 Å². The number of nitro groups is 1. The zero-order chi connectivity index (χ0) is 27.8. The molecule has 1 unspecified atom stereocenters. The van der Waals surface area contributed by atoms with Crippen molar-refractivity contribution in [2.75, 3.05) is 26.2 Å². The van der Waals surface area contributed by atoms with Crippen molar-refractivity contribution in [3.63, 3.8) is 0 Å². The molecule has 1 aliphatic heterocycles. The van der Waals surface area contributed by atoms with Gasteiger partial charge in [0.2, 0.25) is 0 Å². The number of aliphatic hydroxyl groups is 1. The van der Waals surface area contributed by atoms with Gasteiger partial charge in [-0.3, -0.25) is 19.7 Å². The topological polar surface area (TPSA) is 104 Å². The Morgan fingerprint density at radius 2 is 1.68 bits per heavy atom. The normalized spacial score (nSPS) is 17.0. The molecule has 1 aliphatic rings. The standard InChI is InChI=1S/C28H33Cl2N3O5/c1-3-5-13-31(14-6-4-2)15-8-16-32-25(22-12-11-20(29)18-23(22)30)24(27(35)28(32)36)26(34)19-9-7-10-21(17-19)33(37)38/h7,9-12,17-18,25,34H,3-6,8,13-16H2,1-2H3/b26-24-. The Hall–Kier alpha value is -2.94. The maximum absolute atomic E-state index is 13.3. The van der Waals surface area contributed by atoms with Crippen molar-refractivity contribution >= 4 is 46.3 Å². The van der Waals surface area contributed by atoms with Gasteiger partial charge in [0.05, 0.1) is 16.5 Å². The maximum Gasteiger partial charge on any atom is 0.295 e. The summed E-state index contributed by atoms with van der Waals surface area (Å²) in [6, 6.07) is 9.11. The number of halogens is 2. The molecule has 2 aromatic rings. The quantitative estimate of drug-likeness (QED) is 0.0968. The van der Waals surface area contributed by atoms with E-state index in [0.29, 0.717) is 17.0 Å². The number of unbranched alkanes of at least 4 members (excludes halogenated alkanes) is 2. The predicted molar refractivity (Wildman–Crippen MR) is 149 cm³/mol. The van der Waals surface area contributed by atoms with E-state index >= 15 is 0 Å². The first-order chi connectivity index (χ1) is 18.2. The second-order valence-electron chi connectivity index (χ2n) is 9.37. The summed E-state index contributed by atoms with van der Waals surface area (Å²) in [5.41, 5.74) is 0.103. The predicted octanol–water partition coefficient (Wildman–Crippen LogP) is 6.62. The molecule has 0 aliphatic carbocycles. The summed E-state index contributed by atoms with van der Waals surface area (Å²) in [5, 5.41) is 23.1. The van der Waals surface area contributed by atoms with Crippen molar-refractivity contribution in [1.82, 2.24) is 9.80 Å². The average molecular weight is 562 g/mol. The minimum Gasteiger partial charge on any atom is -0.507 e. The van der Waals surface area contributed by atoms with Crippen LogP contribution in [0.25, 0.3) is 5.76 Å². The van der Waals surface area contributed by atoms with Crippen molar-refractivity contribution in [2.24, 2.45) is 0 Å². The maximum atomic E-state index is 13.3. The number of aliphatic hydroxyl groups excluding tert-OH is 1. The first-order valence-corrected chi connectivity index (χ1v) is 13.7. The summed E-state index contributed by atoms with van der Waals surface area (Å²) in [5.74, 6) is -2.10. The van der Waals surface area contributed by atoms with E-state index in [1.54, 1.807) is 12.1 Å². The third-order valence-corrected chi connectivity index (χ3v) is 7.22. The lowest BCUT2D eigenvalue weighted by Gasteiger charge is -2.28. The zero-order valence-corrected chi connectivity index (χ0v) is 23.2. The molecule has 1 amide bonds. The number of amides is 1. The Morgan fingerprint density at radius 1 is 1.03 bits per heavy atom. The summed E-state index contributed by atoms with van der Waals surface area (Å²) in [6.07, 6.45) is 4.96. The van der Waals surface area contributed by atoms with E-state index in [1.807, 2.05) is 0 Å². The van der Waals surface area contributed by atoms with Crippen LogP contribution in [0.4, 0.5) is 5.69 Å². The van der Waals surface area contributed by atoms with Gasteiger partial charge in [-0.05, 0) is 56.6 Å². The number of nitro benzene ring substituents is 1. The second kappa shape index (κ2) is 13.7. The molecule has 3 rings (SSSR count). The lowest BCUT2D eigenvalue weighted by atomic mass is 9.95. The SMILES string of the molecule is CCCCN(CCCC)CCCN1C(=O)C(=O)/C(=C(\O)c2cccc([N+](=O)[O-])c2)C1c1ccc(Cl)cc1Cl. The Morgan fingerprint density at radius 3 is 2.29 bits per heavy atom. The Balaban J connectivity index is 1.99. The van der Waals surface area contributed by atoms with Crippen molar-refractivity contribution in [3.8, 4) is 0 Å². The summed E-state index contributed by atoms with van der Waals surface area (Å²) in [4.78, 5) is 41.0. The fourth-order valence-electron chi connectivity index (χ4n) is 4.64. The third-order valence-electron chi connectivity index (χ3n) is 6.66. The highest BCUT2D eigenvalue weighted by Gasteiger charge is 2.46. The number of likely N-dealkylation sites (tertiary alicyclic amines) is 1. The smallest absolute Gasteiger partial charge is 0.295 e. The highest BCUT2D eigenvalue weighted by atomic mass is 35.5. The van der Waals surface area contributed by atoms with Crippen LogP contribution in [0.15, 0.2) is 48.0 Å². The van der Waals surface area contributed by atoms with Gasteiger partial charge < -0.3 is 14.9 Å². The van der Waals surface area contributed by atoms with Gasteiger partial charge >= 0.3 is 0 Å². The molecule has 1 saturated heterocycles. The van der Waals surface area contributed by atoms with Crippen LogP contribution in [0, 0.1) is 10.1 Å². The van der Waals surface area contributed by atoms with Crippen molar-refractivity contribution < 1.29 is 19.6 Å². The van der Waals surface area contributed by atoms with E-state index in [4.69, 9.17) is 23.2 Å². The molecule has 2 aromatic carbocycles. The van der Waals surface area contributed by atoms with Crippen LogP contribution < -0.4 is 0 Å². The number of hydrogen-bond acceptors (Lipinski definition) is 6. The van der Waals surface area contributed by atoms with Crippen molar-refractivity contribution in [2.45, 2.75) is 52.0 Å². The number of ketones is 1. The van der Waals surface area contributed by atoms with Gasteiger partial charge in [0.25, 0.3) is 17.4 Å². The number of Topliss-reactive ketones (excluding diaryl/α,β-unsaturated/α-hetero) is 1. The zero-order valence-electron chi connectivity index (χ0n) is 21.7. The van der Waals surface area contributed by atoms with E-state index in [-0.39, 0.29) is 28.4 Å². The Kier molecular flexibility index (Phi) is 10.7. The second-order valence-corrected chi connectivity index (χ2v) is 10.2. The number of carbonyl (C=O) groups excluding carboxylic acids is 2. The van der Waals surface area contributed by atoms with Gasteiger partial charge in [0.15, 0.2) is 0 Å². The molecule has 0 aromatic heterocycles. The van der Waals surface area contributed by atoms with Crippen LogP contribution in [0.2, 0.25) is 10.0 Å². The number of hydrogen-bond donors (Lipinski definition) is 1. The van der Waals surface area contributed by atoms with Gasteiger partial charge in [-0.25, -0.2) is 0 Å². The van der Waals surface area contributed by atoms with Crippen LogP contribution in [0.1, 0.15) is 63.1 Å². The molecule has 10 heteroatoms. The molecular weight excluding hydrogens is 529 g/mol. The lowest BCUT2D eigenvalue weighted by molar-refractivity contribution is -0.384. The number of nitrogens with zero attached hydrogens (tertiary/aromatic N) is 3. The highest BCUT2D eigenvalue weighted by molar-refractivity contribution is 6.47. The summed E-state index contributed by atoms with van der Waals surface area (Å²) in [6.45, 7) is 7.26. The van der Waals surface area contributed by atoms with Gasteiger partial charge in [-0.15, -0.1) is 0 Å². The number of rotatable bonds is 13. The minimum absolute atomic E-state index is 0.0672. The van der Waals surface area contributed by atoms with Crippen LogP contribution in [-0.4, -0.2) is 57.7 Å². The molecule has 1 N–H and O–H groups in total. The Bertz CT molecular complexity index is 1210. The van der Waals surface area contributed by atoms with Gasteiger partial charge in [-0.1, -0.05) is 68.1 Å². The largest absolute Gasteiger partial charge is 0.507 e. The molecule has 1 atom stereocenters. The molecule has 0 bridgehead atoms. The molecule has 8 nitrogen and oxygen atoms in total. The van der Waals surface area contributed by atoms with Crippen molar-refractivity contribution in [3.05, 3.63) is 79.3 Å². The molecule has 38 heavy (non-hydrogen) atoms. The van der Waals surface area contributed by atoms with Gasteiger partial charge in [0, 0.05) is 34.3 Å². The van der Waals surface area contributed by atoms with Crippen LogP contribution in [-0.2, 0) is 9.59 Å². The fraction of sp³-hybridized carbons (Fsp3) is 0.429. The average Bonchev–Trinajstić information content (AvgIpc) is 3.14. The number of carbonyl (C=O) groups is 2. The van der Waals surface area contributed by atoms with E-state index in [9.17, 15) is 24.8 Å². The Labute approximate surface area is 233 Å². The lowest BCUT2D eigenvalue weighted by Crippen LogP contribution is -2.34. The highest BCUT2D eigenvalue weighted by Crippen LogP contribution is 2.42. The summed E-state index contributed by atoms with van der Waals surface area (Å²) in [7, 11) is 0. The summed E-state index contributed by atoms with van der Waals surface area (Å²) < 4.78 is 0. The van der Waals surface area contributed by atoms with Crippen LogP contribution in [0.3, 0.4) is 0 Å². The van der Waals surface area contributed by atoms with Gasteiger partial charge in [0.1, 0.15) is 5.76 Å². The molecular formula is C28H33Cl2N3O5. The van der Waals surface area contributed by atoms with E-state index in [1.165, 1.54) is 35.2 Å². The molecule has 0 saturated carbocycles. The van der Waals surface area contributed by atoms with Crippen LogP contribution in [0.5, 0.6) is 0 Å². The fourth-order valence-corrected chi connectivity index (χ4v) is 5.15. The summed E-state index contributed by atoms with van der Waals surface area (Å²) >= 11 is 12.6. The first-order valence-electron chi connectivity index (χ1n) is 12.9. The first kappa shape index (κ1) is 29.6. The molecule has 1 fully saturated rings. The molecule has 0 spiro atoms. The molecule has 1 heterocycles. The van der Waals surface area contributed by atoms with Crippen molar-refractivity contribution in [1.29, 1.82) is 0 Å². The molecule has 204 valence electrons. The minimum atomic E-state index is -0.959. The van der Waals surface area contributed by atoms with E-state index in [2.05, 4.69) is 18.7 Å². The monoisotopic (exact) mass is 561 g/mol.